The minimum atomic E-state index is -0.952. The lowest BCUT2D eigenvalue weighted by molar-refractivity contribution is 0.0697. The Bertz CT molecular complexity index is 1460. The number of carboxylic acid groups (broad SMARTS) is 1. The quantitative estimate of drug-likeness (QED) is 0.289. The Kier molecular flexibility index (Phi) is 6.56. The fourth-order valence-corrected chi connectivity index (χ4v) is 5.62. The monoisotopic (exact) mass is 510 g/mol. The van der Waals surface area contributed by atoms with Crippen molar-refractivity contribution in [2.75, 3.05) is 4.90 Å². The first-order chi connectivity index (χ1) is 17.8. The maximum absolute atomic E-state index is 12.0. The van der Waals surface area contributed by atoms with Gasteiger partial charge < -0.3 is 19.9 Å². The van der Waals surface area contributed by atoms with Gasteiger partial charge in [0.05, 0.1) is 29.0 Å². The first kappa shape index (κ1) is 24.7. The van der Waals surface area contributed by atoms with Crippen molar-refractivity contribution in [1.29, 1.82) is 0 Å². The average Bonchev–Trinajstić information content (AvgIpc) is 3.39. The summed E-state index contributed by atoms with van der Waals surface area (Å²) in [6, 6.07) is 23.3. The van der Waals surface area contributed by atoms with Crippen molar-refractivity contribution >= 4 is 29.0 Å². The van der Waals surface area contributed by atoms with E-state index < -0.39 is 5.97 Å². The van der Waals surface area contributed by atoms with Crippen LogP contribution in [-0.2, 0) is 0 Å². The normalized spacial score (nSPS) is 17.3. The lowest BCUT2D eigenvalue weighted by atomic mass is 9.96. The third-order valence-corrected chi connectivity index (χ3v) is 7.41. The number of rotatable bonds is 6. The molecule has 1 saturated heterocycles. The summed E-state index contributed by atoms with van der Waals surface area (Å²) in [5.74, 6) is -0.519. The van der Waals surface area contributed by atoms with Gasteiger partial charge >= 0.3 is 5.97 Å². The highest BCUT2D eigenvalue weighted by Gasteiger charge is 2.42. The number of aryl methyl sites for hydroxylation is 1. The number of carbonyl (C=O) groups is 1. The van der Waals surface area contributed by atoms with Gasteiger partial charge in [-0.3, -0.25) is 4.98 Å². The molecule has 188 valence electrons. The van der Waals surface area contributed by atoms with Crippen LogP contribution < -0.4 is 10.2 Å². The Hall–Kier alpha value is -3.97. The van der Waals surface area contributed by atoms with Gasteiger partial charge in [0.1, 0.15) is 0 Å². The Morgan fingerprint density at radius 3 is 2.38 bits per heavy atom. The van der Waals surface area contributed by atoms with Crippen LogP contribution >= 0.6 is 12.2 Å². The van der Waals surface area contributed by atoms with Crippen molar-refractivity contribution in [2.45, 2.75) is 45.7 Å². The van der Waals surface area contributed by atoms with Crippen molar-refractivity contribution in [3.63, 3.8) is 0 Å². The first-order valence-corrected chi connectivity index (χ1v) is 12.8. The molecule has 0 amide bonds. The lowest BCUT2D eigenvalue weighted by Gasteiger charge is -2.28. The molecule has 4 aromatic rings. The van der Waals surface area contributed by atoms with Crippen molar-refractivity contribution in [3.05, 3.63) is 113 Å². The van der Waals surface area contributed by atoms with Gasteiger partial charge in [-0.05, 0) is 85.6 Å². The average molecular weight is 511 g/mol. The van der Waals surface area contributed by atoms with Crippen LogP contribution in [0.3, 0.4) is 0 Å². The summed E-state index contributed by atoms with van der Waals surface area (Å²) in [5.41, 5.74) is 7.05. The van der Waals surface area contributed by atoms with Gasteiger partial charge in [-0.15, -0.1) is 0 Å². The predicted molar refractivity (Wildman–Crippen MR) is 151 cm³/mol. The van der Waals surface area contributed by atoms with Crippen LogP contribution in [0.1, 0.15) is 70.4 Å². The number of nitrogens with one attached hydrogen (secondary N) is 1. The van der Waals surface area contributed by atoms with Crippen molar-refractivity contribution in [3.8, 4) is 5.69 Å². The number of aromatic nitrogens is 2. The molecule has 0 aliphatic carbocycles. The van der Waals surface area contributed by atoms with E-state index in [1.54, 1.807) is 18.3 Å². The summed E-state index contributed by atoms with van der Waals surface area (Å²) in [6.07, 6.45) is 1.80. The molecule has 0 radical (unpaired) electrons. The second-order valence-electron chi connectivity index (χ2n) is 9.73. The zero-order valence-electron chi connectivity index (χ0n) is 21.3. The molecular weight excluding hydrogens is 480 g/mol. The van der Waals surface area contributed by atoms with E-state index in [1.807, 2.05) is 48.7 Å². The van der Waals surface area contributed by atoms with Crippen LogP contribution in [-0.4, -0.2) is 25.7 Å². The number of pyridine rings is 1. The number of nitrogens with zero attached hydrogens (tertiary/aromatic N) is 3. The van der Waals surface area contributed by atoms with Crippen LogP contribution in [0, 0.1) is 13.8 Å². The van der Waals surface area contributed by atoms with Crippen LogP contribution in [0.2, 0.25) is 0 Å². The van der Waals surface area contributed by atoms with E-state index in [0.717, 1.165) is 28.3 Å². The Morgan fingerprint density at radius 2 is 1.73 bits per heavy atom. The first-order valence-electron chi connectivity index (χ1n) is 12.4. The topological polar surface area (TPSA) is 70.4 Å². The molecule has 2 aromatic carbocycles. The highest BCUT2D eigenvalue weighted by atomic mass is 32.1. The molecule has 3 heterocycles. The van der Waals surface area contributed by atoms with E-state index in [2.05, 4.69) is 59.4 Å². The summed E-state index contributed by atoms with van der Waals surface area (Å²) in [6.45, 7) is 8.41. The molecule has 1 fully saturated rings. The van der Waals surface area contributed by atoms with Crippen LogP contribution in [0.15, 0.2) is 79.0 Å². The van der Waals surface area contributed by atoms with Gasteiger partial charge in [-0.25, -0.2) is 4.79 Å². The molecule has 2 aromatic heterocycles. The highest BCUT2D eigenvalue weighted by Crippen LogP contribution is 2.44. The largest absolute Gasteiger partial charge is 0.478 e. The van der Waals surface area contributed by atoms with Gasteiger partial charge in [0.2, 0.25) is 0 Å². The summed E-state index contributed by atoms with van der Waals surface area (Å²) in [4.78, 5) is 18.8. The number of thiocarbonyl (C=S) groups is 1. The number of aromatic carboxylic acids is 1. The number of carboxylic acids is 1. The fourth-order valence-electron chi connectivity index (χ4n) is 5.28. The molecule has 2 N–H and O–H groups in total. The molecule has 6 nitrogen and oxygen atoms in total. The van der Waals surface area contributed by atoms with E-state index in [0.29, 0.717) is 16.7 Å². The van der Waals surface area contributed by atoms with E-state index in [4.69, 9.17) is 12.2 Å². The summed E-state index contributed by atoms with van der Waals surface area (Å²) in [7, 11) is 0. The molecule has 37 heavy (non-hydrogen) atoms. The maximum Gasteiger partial charge on any atom is 0.337 e. The molecule has 0 saturated carbocycles. The Labute approximate surface area is 222 Å². The smallest absolute Gasteiger partial charge is 0.337 e. The molecule has 1 aliphatic heterocycles. The third-order valence-electron chi connectivity index (χ3n) is 7.10. The minimum Gasteiger partial charge on any atom is -0.478 e. The van der Waals surface area contributed by atoms with Crippen LogP contribution in [0.5, 0.6) is 0 Å². The Balaban J connectivity index is 1.68. The van der Waals surface area contributed by atoms with Crippen molar-refractivity contribution in [1.82, 2.24) is 14.9 Å². The summed E-state index contributed by atoms with van der Waals surface area (Å²) >= 11 is 5.89. The molecule has 0 unspecified atom stereocenters. The number of anilines is 1. The number of para-hydroxylation sites is 1. The molecule has 1 aliphatic rings. The molecule has 2 atom stereocenters. The molecular formula is C30H30N4O2S. The zero-order valence-corrected chi connectivity index (χ0v) is 22.2. The third kappa shape index (κ3) is 4.40. The van der Waals surface area contributed by atoms with Gasteiger partial charge in [-0.2, -0.15) is 0 Å². The second-order valence-corrected chi connectivity index (χ2v) is 10.1. The standard InChI is InChI=1S/C30H30N4O2S/c1-18(2)21-12-14-22(15-13-21)34-28(27(32-30(34)37)25-10-7-8-16-31-25)24-17-19(3)33(20(24)4)26-11-6-5-9-23(26)29(35)36/h5-18,27-28H,1-4H3,(H,32,37)(H,35,36)/t27-,28+/m1/s1. The molecule has 7 heteroatoms. The van der Waals surface area contributed by atoms with Gasteiger partial charge in [0, 0.05) is 23.3 Å². The van der Waals surface area contributed by atoms with Crippen LogP contribution in [0.25, 0.3) is 5.69 Å². The predicted octanol–water partition coefficient (Wildman–Crippen LogP) is 6.49. The number of hydrogen-bond donors (Lipinski definition) is 2. The van der Waals surface area contributed by atoms with Gasteiger partial charge in [0.25, 0.3) is 0 Å². The van der Waals surface area contributed by atoms with Crippen molar-refractivity contribution < 1.29 is 9.90 Å². The molecule has 5 rings (SSSR count). The van der Waals surface area contributed by atoms with E-state index in [9.17, 15) is 9.90 Å². The van der Waals surface area contributed by atoms with Crippen molar-refractivity contribution in [2.24, 2.45) is 0 Å². The Morgan fingerprint density at radius 1 is 1.03 bits per heavy atom. The van der Waals surface area contributed by atoms with E-state index in [-0.39, 0.29) is 17.6 Å². The SMILES string of the molecule is Cc1cc([C@H]2[C@@H](c3ccccn3)NC(=S)N2c2ccc(C(C)C)cc2)c(C)n1-c1ccccc1C(=O)O. The number of benzene rings is 2. The molecule has 0 bridgehead atoms. The van der Waals surface area contributed by atoms with Gasteiger partial charge in [0.15, 0.2) is 5.11 Å². The van der Waals surface area contributed by atoms with Crippen LogP contribution in [0.4, 0.5) is 5.69 Å². The molecule has 0 spiro atoms. The number of hydrogen-bond acceptors (Lipinski definition) is 3. The minimum absolute atomic E-state index is 0.177. The highest BCUT2D eigenvalue weighted by molar-refractivity contribution is 7.80. The van der Waals surface area contributed by atoms with E-state index >= 15 is 0 Å². The van der Waals surface area contributed by atoms with E-state index in [1.165, 1.54) is 5.56 Å². The second kappa shape index (κ2) is 9.82. The summed E-state index contributed by atoms with van der Waals surface area (Å²) in [5, 5.41) is 14.0. The summed E-state index contributed by atoms with van der Waals surface area (Å²) < 4.78 is 2.02. The lowest BCUT2D eigenvalue weighted by Crippen LogP contribution is -2.29. The zero-order chi connectivity index (χ0) is 26.3. The van der Waals surface area contributed by atoms with Gasteiger partial charge in [-0.1, -0.05) is 44.2 Å². The fraction of sp³-hybridized carbons (Fsp3) is 0.233. The maximum atomic E-state index is 12.0.